The number of aryl methyl sites for hydroxylation is 1. The molecule has 0 bridgehead atoms. The van der Waals surface area contributed by atoms with Gasteiger partial charge in [0.05, 0.1) is 24.2 Å². The van der Waals surface area contributed by atoms with E-state index < -0.39 is 34.1 Å². The van der Waals surface area contributed by atoms with Crippen LogP contribution in [-0.2, 0) is 21.4 Å². The summed E-state index contributed by atoms with van der Waals surface area (Å²) >= 11 is 0. The van der Waals surface area contributed by atoms with Crippen LogP contribution in [0.2, 0.25) is 0 Å². The van der Waals surface area contributed by atoms with Gasteiger partial charge in [-0.05, 0) is 43.3 Å². The van der Waals surface area contributed by atoms with Gasteiger partial charge in [-0.1, -0.05) is 17.7 Å². The molecule has 3 rings (SSSR count). The van der Waals surface area contributed by atoms with Crippen LogP contribution in [0.1, 0.15) is 11.3 Å². The topological polar surface area (TPSA) is 79.6 Å². The second-order valence-electron chi connectivity index (χ2n) is 6.37. The van der Waals surface area contributed by atoms with Crippen LogP contribution in [0.3, 0.4) is 0 Å². The summed E-state index contributed by atoms with van der Waals surface area (Å²) in [5, 5.41) is 2.31. The van der Waals surface area contributed by atoms with Gasteiger partial charge in [0, 0.05) is 11.8 Å². The number of nitrogens with zero attached hydrogens (tertiary/aromatic N) is 1. The lowest BCUT2D eigenvalue weighted by molar-refractivity contribution is -0.116. The lowest BCUT2D eigenvalue weighted by atomic mass is 10.2. The van der Waals surface area contributed by atoms with Crippen LogP contribution < -0.4 is 5.32 Å². The van der Waals surface area contributed by atoms with Crippen molar-refractivity contribution in [1.82, 2.24) is 4.31 Å². The third kappa shape index (κ3) is 5.27. The second kappa shape index (κ2) is 8.54. The van der Waals surface area contributed by atoms with Crippen molar-refractivity contribution in [1.29, 1.82) is 0 Å². The summed E-state index contributed by atoms with van der Waals surface area (Å²) in [6.45, 7) is 1.06. The summed E-state index contributed by atoms with van der Waals surface area (Å²) in [7, 11) is -4.03. The zero-order valence-corrected chi connectivity index (χ0v) is 16.2. The first-order valence-corrected chi connectivity index (χ1v) is 10.0. The Labute approximate surface area is 166 Å². The Bertz CT molecular complexity index is 1080. The number of anilines is 1. The lowest BCUT2D eigenvalue weighted by Gasteiger charge is -2.21. The summed E-state index contributed by atoms with van der Waals surface area (Å²) in [6.07, 6.45) is 1.39. The number of amides is 1. The number of hydrogen-bond donors (Lipinski definition) is 1. The van der Waals surface area contributed by atoms with E-state index in [1.807, 2.05) is 6.92 Å². The Kier molecular flexibility index (Phi) is 6.09. The zero-order chi connectivity index (χ0) is 21.0. The predicted molar refractivity (Wildman–Crippen MR) is 102 cm³/mol. The van der Waals surface area contributed by atoms with Gasteiger partial charge in [0.1, 0.15) is 17.4 Å². The van der Waals surface area contributed by atoms with Gasteiger partial charge in [0.25, 0.3) is 0 Å². The fraction of sp³-hybridized carbons (Fsp3) is 0.150. The first kappa shape index (κ1) is 20.7. The molecule has 1 N–H and O–H groups in total. The van der Waals surface area contributed by atoms with E-state index in [1.54, 1.807) is 24.3 Å². The van der Waals surface area contributed by atoms with E-state index in [4.69, 9.17) is 4.42 Å². The fourth-order valence-electron chi connectivity index (χ4n) is 2.65. The van der Waals surface area contributed by atoms with Gasteiger partial charge in [-0.3, -0.25) is 4.79 Å². The molecule has 0 aliphatic rings. The van der Waals surface area contributed by atoms with Crippen molar-refractivity contribution < 1.29 is 26.4 Å². The van der Waals surface area contributed by atoms with Crippen molar-refractivity contribution >= 4 is 21.6 Å². The number of furan rings is 1. The molecule has 152 valence electrons. The molecule has 1 heterocycles. The maximum atomic E-state index is 13.3. The molecule has 2 aromatic carbocycles. The van der Waals surface area contributed by atoms with Crippen LogP contribution in [0, 0.1) is 18.6 Å². The largest absolute Gasteiger partial charge is 0.468 e. The molecule has 1 amide bonds. The quantitative estimate of drug-likeness (QED) is 0.632. The lowest BCUT2D eigenvalue weighted by Crippen LogP contribution is -2.37. The SMILES string of the molecule is Cc1ccc(S(=O)(=O)N(CC(=O)Nc2cc(F)cc(F)c2)Cc2ccco2)cc1. The average molecular weight is 420 g/mol. The number of nitrogens with one attached hydrogen (secondary N) is 1. The van der Waals surface area contributed by atoms with E-state index in [9.17, 15) is 22.0 Å². The standard InChI is InChI=1S/C20H18F2N2O4S/c1-14-4-6-19(7-5-14)29(26,27)24(12-18-3-2-8-28-18)13-20(25)23-17-10-15(21)9-16(22)11-17/h2-11H,12-13H2,1H3,(H,23,25). The predicted octanol–water partition coefficient (Wildman–Crippen LogP) is 3.70. The molecule has 0 aliphatic carbocycles. The molecule has 0 atom stereocenters. The molecule has 6 nitrogen and oxygen atoms in total. The van der Waals surface area contributed by atoms with E-state index in [2.05, 4.69) is 5.32 Å². The minimum atomic E-state index is -4.03. The van der Waals surface area contributed by atoms with Crippen LogP contribution >= 0.6 is 0 Å². The Morgan fingerprint density at radius 3 is 2.31 bits per heavy atom. The first-order chi connectivity index (χ1) is 13.7. The molecule has 0 fully saturated rings. The smallest absolute Gasteiger partial charge is 0.243 e. The van der Waals surface area contributed by atoms with Crippen molar-refractivity contribution in [2.45, 2.75) is 18.4 Å². The van der Waals surface area contributed by atoms with Gasteiger partial charge in [0.15, 0.2) is 0 Å². The molecule has 0 saturated carbocycles. The minimum Gasteiger partial charge on any atom is -0.468 e. The normalized spacial score (nSPS) is 11.6. The third-order valence-corrected chi connectivity index (χ3v) is 5.84. The highest BCUT2D eigenvalue weighted by molar-refractivity contribution is 7.89. The minimum absolute atomic E-state index is 0.0132. The summed E-state index contributed by atoms with van der Waals surface area (Å²) in [5.74, 6) is -2.14. The zero-order valence-electron chi connectivity index (χ0n) is 15.4. The van der Waals surface area contributed by atoms with Gasteiger partial charge < -0.3 is 9.73 Å². The van der Waals surface area contributed by atoms with E-state index >= 15 is 0 Å². The van der Waals surface area contributed by atoms with E-state index in [-0.39, 0.29) is 17.1 Å². The van der Waals surface area contributed by atoms with Gasteiger partial charge in [-0.2, -0.15) is 4.31 Å². The summed E-state index contributed by atoms with van der Waals surface area (Å²) in [4.78, 5) is 12.4. The monoisotopic (exact) mass is 420 g/mol. The molecule has 29 heavy (non-hydrogen) atoms. The van der Waals surface area contributed by atoms with Crippen molar-refractivity contribution in [3.63, 3.8) is 0 Å². The maximum Gasteiger partial charge on any atom is 0.243 e. The van der Waals surface area contributed by atoms with Gasteiger partial charge in [-0.25, -0.2) is 17.2 Å². The van der Waals surface area contributed by atoms with Crippen molar-refractivity contribution in [2.75, 3.05) is 11.9 Å². The van der Waals surface area contributed by atoms with Crippen LogP contribution in [-0.4, -0.2) is 25.2 Å². The molecule has 0 aliphatic heterocycles. The molecule has 1 aromatic heterocycles. The highest BCUT2D eigenvalue weighted by atomic mass is 32.2. The van der Waals surface area contributed by atoms with Crippen LogP contribution in [0.25, 0.3) is 0 Å². The van der Waals surface area contributed by atoms with Crippen molar-refractivity contribution in [2.24, 2.45) is 0 Å². The number of sulfonamides is 1. The summed E-state index contributed by atoms with van der Waals surface area (Å²) < 4.78 is 58.9. The number of halogens is 2. The second-order valence-corrected chi connectivity index (χ2v) is 8.31. The molecule has 0 saturated heterocycles. The van der Waals surface area contributed by atoms with E-state index in [0.717, 1.165) is 22.0 Å². The molecular weight excluding hydrogens is 402 g/mol. The fourth-order valence-corrected chi connectivity index (χ4v) is 4.01. The third-order valence-electron chi connectivity index (χ3n) is 4.04. The van der Waals surface area contributed by atoms with Gasteiger partial charge in [-0.15, -0.1) is 0 Å². The van der Waals surface area contributed by atoms with Gasteiger partial charge in [0.2, 0.25) is 15.9 Å². The first-order valence-electron chi connectivity index (χ1n) is 8.59. The Balaban J connectivity index is 1.85. The Morgan fingerprint density at radius 2 is 1.72 bits per heavy atom. The number of carbonyl (C=O) groups is 1. The summed E-state index contributed by atoms with van der Waals surface area (Å²) in [6, 6.07) is 11.9. The van der Waals surface area contributed by atoms with E-state index in [0.29, 0.717) is 11.8 Å². The molecule has 0 radical (unpaired) electrons. The molecule has 0 unspecified atom stereocenters. The van der Waals surface area contributed by atoms with Crippen LogP contribution in [0.5, 0.6) is 0 Å². The number of rotatable bonds is 7. The van der Waals surface area contributed by atoms with Gasteiger partial charge >= 0.3 is 0 Å². The molecular formula is C20H18F2N2O4S. The highest BCUT2D eigenvalue weighted by Crippen LogP contribution is 2.20. The van der Waals surface area contributed by atoms with Crippen LogP contribution in [0.15, 0.2) is 70.2 Å². The maximum absolute atomic E-state index is 13.3. The van der Waals surface area contributed by atoms with Crippen molar-refractivity contribution in [3.8, 4) is 0 Å². The van der Waals surface area contributed by atoms with Crippen molar-refractivity contribution in [3.05, 3.63) is 83.8 Å². The van der Waals surface area contributed by atoms with E-state index in [1.165, 1.54) is 18.4 Å². The molecule has 0 spiro atoms. The summed E-state index contributed by atoms with van der Waals surface area (Å²) in [5.41, 5.74) is 0.769. The average Bonchev–Trinajstić information content (AvgIpc) is 3.13. The Hall–Kier alpha value is -3.04. The number of benzene rings is 2. The number of carbonyl (C=O) groups excluding carboxylic acids is 1. The number of hydrogen-bond acceptors (Lipinski definition) is 4. The highest BCUT2D eigenvalue weighted by Gasteiger charge is 2.27. The molecule has 9 heteroatoms. The Morgan fingerprint density at radius 1 is 1.07 bits per heavy atom. The molecule has 3 aromatic rings. The van der Waals surface area contributed by atoms with Crippen LogP contribution in [0.4, 0.5) is 14.5 Å².